The molecule has 0 radical (unpaired) electrons. The summed E-state index contributed by atoms with van der Waals surface area (Å²) in [4.78, 5) is 17.2. The van der Waals surface area contributed by atoms with E-state index >= 15 is 0 Å². The Morgan fingerprint density at radius 2 is 1.86 bits per heavy atom. The van der Waals surface area contributed by atoms with Crippen LogP contribution < -0.4 is 5.32 Å². The molecule has 29 heavy (non-hydrogen) atoms. The molecule has 0 unspecified atom stereocenters. The molecule has 7 heteroatoms. The molecular formula is C22H19FN4OS. The third kappa shape index (κ3) is 4.25. The van der Waals surface area contributed by atoms with Crippen LogP contribution in [0.15, 0.2) is 60.0 Å². The number of halogens is 1. The quantitative estimate of drug-likeness (QED) is 0.453. The highest BCUT2D eigenvalue weighted by Gasteiger charge is 2.12. The lowest BCUT2D eigenvalue weighted by molar-refractivity contribution is -0.111. The first-order valence-electron chi connectivity index (χ1n) is 9.19. The Hall–Kier alpha value is -3.32. The number of nitrogens with one attached hydrogen (secondary N) is 1. The minimum Gasteiger partial charge on any atom is -0.290 e. The number of rotatable bonds is 5. The zero-order valence-corrected chi connectivity index (χ0v) is 16.8. The summed E-state index contributed by atoms with van der Waals surface area (Å²) in [6.07, 6.45) is 3.21. The number of hydrogen-bond acceptors (Lipinski definition) is 4. The molecule has 0 saturated heterocycles. The second-order valence-electron chi connectivity index (χ2n) is 6.90. The monoisotopic (exact) mass is 406 g/mol. The molecule has 5 nitrogen and oxygen atoms in total. The molecule has 0 fully saturated rings. The minimum absolute atomic E-state index is 0.227. The molecule has 0 saturated carbocycles. The van der Waals surface area contributed by atoms with Gasteiger partial charge < -0.3 is 0 Å². The van der Waals surface area contributed by atoms with E-state index in [1.165, 1.54) is 35.1 Å². The maximum atomic E-state index is 13.2. The SMILES string of the molecule is CC(C)c1ccc(/C=C/C(=O)Nc2nc3scc(-c4ccc(F)cc4)n3n2)cc1. The highest BCUT2D eigenvalue weighted by atomic mass is 32.1. The number of aromatic nitrogens is 3. The molecule has 2 aromatic heterocycles. The fraction of sp³-hybridized carbons (Fsp3) is 0.136. The highest BCUT2D eigenvalue weighted by Crippen LogP contribution is 2.26. The van der Waals surface area contributed by atoms with Crippen LogP contribution in [0.4, 0.5) is 10.3 Å². The van der Waals surface area contributed by atoms with Crippen molar-refractivity contribution in [1.29, 1.82) is 0 Å². The van der Waals surface area contributed by atoms with Gasteiger partial charge in [0.15, 0.2) is 0 Å². The summed E-state index contributed by atoms with van der Waals surface area (Å²) in [7, 11) is 0. The van der Waals surface area contributed by atoms with Gasteiger partial charge in [-0.2, -0.15) is 4.98 Å². The zero-order valence-electron chi connectivity index (χ0n) is 16.0. The maximum absolute atomic E-state index is 13.2. The van der Waals surface area contributed by atoms with Gasteiger partial charge in [-0.15, -0.1) is 16.4 Å². The van der Waals surface area contributed by atoms with Crippen LogP contribution in [0.5, 0.6) is 0 Å². The fourth-order valence-electron chi connectivity index (χ4n) is 2.87. The first kappa shape index (κ1) is 19.0. The summed E-state index contributed by atoms with van der Waals surface area (Å²) < 4.78 is 14.8. The number of amides is 1. The fourth-order valence-corrected chi connectivity index (χ4v) is 3.70. The maximum Gasteiger partial charge on any atom is 0.250 e. The average molecular weight is 406 g/mol. The van der Waals surface area contributed by atoms with E-state index < -0.39 is 0 Å². The Balaban J connectivity index is 1.47. The molecule has 4 aromatic rings. The number of hydrogen-bond donors (Lipinski definition) is 1. The van der Waals surface area contributed by atoms with Gasteiger partial charge in [0.25, 0.3) is 11.9 Å². The molecule has 0 atom stereocenters. The third-order valence-corrected chi connectivity index (χ3v) is 5.30. The van der Waals surface area contributed by atoms with E-state index in [0.717, 1.165) is 16.8 Å². The first-order valence-corrected chi connectivity index (χ1v) is 10.1. The summed E-state index contributed by atoms with van der Waals surface area (Å²) >= 11 is 1.40. The van der Waals surface area contributed by atoms with Crippen molar-refractivity contribution in [2.75, 3.05) is 5.32 Å². The van der Waals surface area contributed by atoms with Crippen molar-refractivity contribution >= 4 is 34.2 Å². The van der Waals surface area contributed by atoms with E-state index in [0.29, 0.717) is 10.9 Å². The van der Waals surface area contributed by atoms with E-state index in [4.69, 9.17) is 0 Å². The molecule has 2 heterocycles. The van der Waals surface area contributed by atoms with E-state index in [1.807, 2.05) is 17.5 Å². The lowest BCUT2D eigenvalue weighted by atomic mass is 10.0. The van der Waals surface area contributed by atoms with Crippen LogP contribution in [-0.4, -0.2) is 20.5 Å². The van der Waals surface area contributed by atoms with Crippen LogP contribution in [0.1, 0.15) is 30.9 Å². The van der Waals surface area contributed by atoms with Crippen LogP contribution in [0.25, 0.3) is 22.3 Å². The molecule has 2 aromatic carbocycles. The van der Waals surface area contributed by atoms with Crippen molar-refractivity contribution in [3.8, 4) is 11.3 Å². The molecule has 4 rings (SSSR count). The molecule has 0 bridgehead atoms. The normalized spacial score (nSPS) is 11.6. The van der Waals surface area contributed by atoms with E-state index in [9.17, 15) is 9.18 Å². The van der Waals surface area contributed by atoms with Crippen molar-refractivity contribution in [3.05, 3.63) is 76.9 Å². The van der Waals surface area contributed by atoms with Crippen molar-refractivity contribution in [3.63, 3.8) is 0 Å². The standard InChI is InChI=1S/C22H19FN4OS/c1-14(2)16-6-3-15(4-7-16)5-12-20(28)24-21-25-22-27(26-21)19(13-29-22)17-8-10-18(23)11-9-17/h3-14H,1-2H3,(H,24,26,28)/b12-5+. The Morgan fingerprint density at radius 3 is 2.55 bits per heavy atom. The predicted molar refractivity (Wildman–Crippen MR) is 114 cm³/mol. The smallest absolute Gasteiger partial charge is 0.250 e. The largest absolute Gasteiger partial charge is 0.290 e. The lowest BCUT2D eigenvalue weighted by Crippen LogP contribution is -2.09. The molecule has 0 aliphatic carbocycles. The van der Waals surface area contributed by atoms with Gasteiger partial charge in [0.2, 0.25) is 4.96 Å². The summed E-state index contributed by atoms with van der Waals surface area (Å²) in [5.41, 5.74) is 3.82. The molecule has 146 valence electrons. The van der Waals surface area contributed by atoms with Crippen LogP contribution in [0.3, 0.4) is 0 Å². The van der Waals surface area contributed by atoms with Gasteiger partial charge in [-0.25, -0.2) is 8.91 Å². The van der Waals surface area contributed by atoms with Gasteiger partial charge in [0.05, 0.1) is 5.69 Å². The Labute approximate surface area is 171 Å². The summed E-state index contributed by atoms with van der Waals surface area (Å²) in [5, 5.41) is 8.93. The number of nitrogens with zero attached hydrogens (tertiary/aromatic N) is 3. The Bertz CT molecular complexity index is 1170. The van der Waals surface area contributed by atoms with Gasteiger partial charge in [-0.1, -0.05) is 38.1 Å². The van der Waals surface area contributed by atoms with E-state index in [-0.39, 0.29) is 17.7 Å². The number of fused-ring (bicyclic) bond motifs is 1. The van der Waals surface area contributed by atoms with Gasteiger partial charge in [-0.3, -0.25) is 10.1 Å². The topological polar surface area (TPSA) is 59.3 Å². The van der Waals surface area contributed by atoms with Crippen molar-refractivity contribution in [2.45, 2.75) is 19.8 Å². The number of anilines is 1. The van der Waals surface area contributed by atoms with Gasteiger partial charge >= 0.3 is 0 Å². The van der Waals surface area contributed by atoms with Crippen LogP contribution in [0.2, 0.25) is 0 Å². The molecule has 1 N–H and O–H groups in total. The number of carbonyl (C=O) groups excluding carboxylic acids is 1. The Kier molecular flexibility index (Phi) is 5.22. The first-order chi connectivity index (χ1) is 14.0. The van der Waals surface area contributed by atoms with E-state index in [2.05, 4.69) is 41.4 Å². The van der Waals surface area contributed by atoms with Crippen molar-refractivity contribution in [1.82, 2.24) is 14.6 Å². The van der Waals surface area contributed by atoms with Crippen molar-refractivity contribution in [2.24, 2.45) is 0 Å². The zero-order chi connectivity index (χ0) is 20.4. The summed E-state index contributed by atoms with van der Waals surface area (Å²) in [5.74, 6) is 0.0962. The third-order valence-electron chi connectivity index (χ3n) is 4.49. The highest BCUT2D eigenvalue weighted by molar-refractivity contribution is 7.15. The molecule has 0 aliphatic rings. The van der Waals surface area contributed by atoms with Crippen LogP contribution in [0, 0.1) is 5.82 Å². The van der Waals surface area contributed by atoms with Gasteiger partial charge in [-0.05, 0) is 47.4 Å². The summed E-state index contributed by atoms with van der Waals surface area (Å²) in [6, 6.07) is 14.3. The molecule has 0 spiro atoms. The minimum atomic E-state index is -0.306. The van der Waals surface area contributed by atoms with E-state index in [1.54, 1.807) is 22.7 Å². The van der Waals surface area contributed by atoms with Crippen LogP contribution in [-0.2, 0) is 4.79 Å². The molecule has 1 amide bonds. The predicted octanol–water partition coefficient (Wildman–Crippen LogP) is 5.37. The second kappa shape index (κ2) is 7.97. The van der Waals surface area contributed by atoms with Gasteiger partial charge in [0.1, 0.15) is 5.82 Å². The van der Waals surface area contributed by atoms with Gasteiger partial charge in [0, 0.05) is 17.0 Å². The molecule has 0 aliphatic heterocycles. The number of thiazole rings is 1. The summed E-state index contributed by atoms with van der Waals surface area (Å²) in [6.45, 7) is 4.28. The Morgan fingerprint density at radius 1 is 1.14 bits per heavy atom. The number of benzene rings is 2. The average Bonchev–Trinajstić information content (AvgIpc) is 3.27. The lowest BCUT2D eigenvalue weighted by Gasteiger charge is -2.04. The number of carbonyl (C=O) groups is 1. The molecular weight excluding hydrogens is 387 g/mol. The van der Waals surface area contributed by atoms with Crippen molar-refractivity contribution < 1.29 is 9.18 Å². The second-order valence-corrected chi connectivity index (χ2v) is 7.74. The van der Waals surface area contributed by atoms with Crippen LogP contribution >= 0.6 is 11.3 Å².